The molecule has 3 N–H and O–H groups in total. The van der Waals surface area contributed by atoms with Crippen LogP contribution in [0.1, 0.15) is 45.1 Å². The van der Waals surface area contributed by atoms with Crippen molar-refractivity contribution < 1.29 is 23.5 Å². The molecule has 10 heteroatoms. The lowest BCUT2D eigenvalue weighted by Crippen LogP contribution is -2.40. The maximum Gasteiger partial charge on any atom is 0.254 e. The number of halogens is 1. The number of hydrogen-bond donors (Lipinski definition) is 2. The number of rotatable bonds is 1. The molecule has 0 aliphatic carbocycles. The van der Waals surface area contributed by atoms with Gasteiger partial charge in [-0.2, -0.15) is 0 Å². The summed E-state index contributed by atoms with van der Waals surface area (Å²) in [5.74, 6) is 0.414. The van der Waals surface area contributed by atoms with Crippen LogP contribution in [0, 0.1) is 5.82 Å². The van der Waals surface area contributed by atoms with Crippen molar-refractivity contribution in [3.8, 4) is 17.2 Å². The van der Waals surface area contributed by atoms with Crippen LogP contribution >= 0.6 is 11.3 Å². The van der Waals surface area contributed by atoms with Crippen LogP contribution in [0.2, 0.25) is 0 Å². The van der Waals surface area contributed by atoms with Crippen LogP contribution in [0.3, 0.4) is 0 Å². The van der Waals surface area contributed by atoms with Crippen molar-refractivity contribution in [3.05, 3.63) is 112 Å². The number of hydrogen-bond acceptors (Lipinski definition) is 7. The maximum absolute atomic E-state index is 14.8. The maximum atomic E-state index is 14.8. The Bertz CT molecular complexity index is 1910. The lowest BCUT2D eigenvalue weighted by Gasteiger charge is -2.38. The third-order valence-corrected chi connectivity index (χ3v) is 8.79. The average Bonchev–Trinajstić information content (AvgIpc) is 3.40. The van der Waals surface area contributed by atoms with E-state index in [9.17, 15) is 14.0 Å². The summed E-state index contributed by atoms with van der Waals surface area (Å²) in [4.78, 5) is 32.9. The van der Waals surface area contributed by atoms with Crippen molar-refractivity contribution >= 4 is 38.5 Å². The Hall–Kier alpha value is -4.96. The van der Waals surface area contributed by atoms with Gasteiger partial charge >= 0.3 is 0 Å². The van der Waals surface area contributed by atoms with Crippen molar-refractivity contribution in [2.75, 3.05) is 25.4 Å². The molecule has 0 spiro atoms. The zero-order valence-corrected chi connectivity index (χ0v) is 24.5. The standard InChI is InChI=1S/C34H29FN4O4S/c35-27-9-5-20-15-29(27)43-25-7-8-26-21(17-25)11-13-39(33(41)23-6-10-30-28(19-23)38-34(36)44-30)32(26)22-3-1-4-24(18-22)42-14-2-12-37-31(40)16-20/h1,3-10,15,17-19,32H,2,11-14,16H2,(H2,36,38)(H,37,40). The Morgan fingerprint density at radius 2 is 1.95 bits per heavy atom. The highest BCUT2D eigenvalue weighted by Gasteiger charge is 2.33. The number of anilines is 1. The van der Waals surface area contributed by atoms with Crippen LogP contribution in [0.5, 0.6) is 17.2 Å². The first-order chi connectivity index (χ1) is 21.4. The fraction of sp³-hybridized carbons (Fsp3) is 0.206. The van der Waals surface area contributed by atoms with Gasteiger partial charge in [-0.15, -0.1) is 0 Å². The van der Waals surface area contributed by atoms with Crippen molar-refractivity contribution in [3.63, 3.8) is 0 Å². The molecule has 8 rings (SSSR count). The van der Waals surface area contributed by atoms with Gasteiger partial charge in [0.15, 0.2) is 16.7 Å². The molecule has 8 nitrogen and oxygen atoms in total. The van der Waals surface area contributed by atoms with Crippen molar-refractivity contribution in [2.24, 2.45) is 0 Å². The molecule has 0 saturated heterocycles. The highest BCUT2D eigenvalue weighted by atomic mass is 32.1. The lowest BCUT2D eigenvalue weighted by molar-refractivity contribution is -0.120. The summed E-state index contributed by atoms with van der Waals surface area (Å²) in [7, 11) is 0. The fourth-order valence-electron chi connectivity index (χ4n) is 5.86. The molecule has 4 heterocycles. The molecule has 4 aromatic carbocycles. The van der Waals surface area contributed by atoms with Gasteiger partial charge in [0.2, 0.25) is 5.91 Å². The zero-order valence-electron chi connectivity index (χ0n) is 23.7. The summed E-state index contributed by atoms with van der Waals surface area (Å²) in [6.07, 6.45) is 1.30. The third kappa shape index (κ3) is 5.56. The van der Waals surface area contributed by atoms with Crippen molar-refractivity contribution in [1.29, 1.82) is 0 Å². The van der Waals surface area contributed by atoms with E-state index in [1.54, 1.807) is 24.3 Å². The average molecular weight is 609 g/mol. The molecular formula is C34H29FN4O4S. The highest BCUT2D eigenvalue weighted by Crippen LogP contribution is 2.40. The predicted molar refractivity (Wildman–Crippen MR) is 167 cm³/mol. The van der Waals surface area contributed by atoms with Gasteiger partial charge in [0.1, 0.15) is 11.5 Å². The molecule has 8 bridgehead atoms. The van der Waals surface area contributed by atoms with Gasteiger partial charge in [0, 0.05) is 18.7 Å². The number of ether oxygens (including phenoxy) is 2. The van der Waals surface area contributed by atoms with E-state index < -0.39 is 11.9 Å². The van der Waals surface area contributed by atoms with E-state index in [1.807, 2.05) is 53.4 Å². The van der Waals surface area contributed by atoms with E-state index >= 15 is 0 Å². The molecule has 0 radical (unpaired) electrons. The van der Waals surface area contributed by atoms with E-state index in [0.29, 0.717) is 65.8 Å². The number of benzene rings is 4. The molecule has 1 unspecified atom stereocenters. The van der Waals surface area contributed by atoms with E-state index in [1.165, 1.54) is 17.4 Å². The van der Waals surface area contributed by atoms with Crippen LogP contribution in [0.4, 0.5) is 9.52 Å². The molecule has 2 amide bonds. The molecule has 1 atom stereocenters. The minimum absolute atomic E-state index is 0.0523. The molecule has 44 heavy (non-hydrogen) atoms. The smallest absolute Gasteiger partial charge is 0.254 e. The summed E-state index contributed by atoms with van der Waals surface area (Å²) >= 11 is 1.39. The first-order valence-electron chi connectivity index (χ1n) is 14.5. The first-order valence-corrected chi connectivity index (χ1v) is 15.3. The summed E-state index contributed by atoms with van der Waals surface area (Å²) in [6.45, 7) is 1.30. The number of aromatic nitrogens is 1. The second kappa shape index (κ2) is 11.6. The van der Waals surface area contributed by atoms with Crippen LogP contribution in [0.25, 0.3) is 10.2 Å². The number of carbonyl (C=O) groups excluding carboxylic acids is 2. The van der Waals surface area contributed by atoms with Crippen molar-refractivity contribution in [1.82, 2.24) is 15.2 Å². The number of thiazole rings is 1. The quantitative estimate of drug-likeness (QED) is 0.240. The largest absolute Gasteiger partial charge is 0.494 e. The predicted octanol–water partition coefficient (Wildman–Crippen LogP) is 6.04. The fourth-order valence-corrected chi connectivity index (χ4v) is 6.58. The number of fused-ring (bicyclic) bond motifs is 8. The topological polar surface area (TPSA) is 107 Å². The number of amides is 2. The van der Waals surface area contributed by atoms with Gasteiger partial charge in [0.25, 0.3) is 5.91 Å². The monoisotopic (exact) mass is 608 g/mol. The Morgan fingerprint density at radius 1 is 1.05 bits per heavy atom. The number of nitrogens with zero attached hydrogens (tertiary/aromatic N) is 2. The Balaban J connectivity index is 1.29. The number of carbonyl (C=O) groups is 2. The van der Waals surface area contributed by atoms with Gasteiger partial charge in [-0.1, -0.05) is 35.6 Å². The third-order valence-electron chi connectivity index (χ3n) is 7.93. The number of nitrogens with one attached hydrogen (secondary N) is 1. The molecule has 3 aliphatic rings. The Kier molecular flexibility index (Phi) is 7.35. The molecule has 0 fully saturated rings. The lowest BCUT2D eigenvalue weighted by atomic mass is 9.87. The zero-order chi connectivity index (χ0) is 30.2. The van der Waals surface area contributed by atoms with E-state index in [2.05, 4.69) is 10.3 Å². The van der Waals surface area contributed by atoms with E-state index in [4.69, 9.17) is 15.2 Å². The number of nitrogens with two attached hydrogens (primary N) is 1. The van der Waals surface area contributed by atoms with Crippen LogP contribution in [0.15, 0.2) is 78.9 Å². The van der Waals surface area contributed by atoms with Crippen LogP contribution in [-0.4, -0.2) is 41.4 Å². The van der Waals surface area contributed by atoms with E-state index in [-0.39, 0.29) is 24.0 Å². The van der Waals surface area contributed by atoms with Gasteiger partial charge in [-0.05, 0) is 89.7 Å². The summed E-state index contributed by atoms with van der Waals surface area (Å²) in [6, 6.07) is 23.0. The minimum Gasteiger partial charge on any atom is -0.494 e. The molecule has 1 aromatic heterocycles. The second-order valence-corrected chi connectivity index (χ2v) is 12.0. The molecule has 3 aliphatic heterocycles. The van der Waals surface area contributed by atoms with Gasteiger partial charge < -0.3 is 25.4 Å². The molecule has 222 valence electrons. The summed E-state index contributed by atoms with van der Waals surface area (Å²) in [5, 5.41) is 3.35. The van der Waals surface area contributed by atoms with Crippen LogP contribution < -0.4 is 20.5 Å². The molecule has 0 saturated carbocycles. The normalized spacial score (nSPS) is 16.7. The first kappa shape index (κ1) is 27.8. The molecule has 5 aromatic rings. The van der Waals surface area contributed by atoms with E-state index in [0.717, 1.165) is 21.4 Å². The minimum atomic E-state index is -0.514. The second-order valence-electron chi connectivity index (χ2n) is 10.9. The summed E-state index contributed by atoms with van der Waals surface area (Å²) in [5.41, 5.74) is 10.6. The summed E-state index contributed by atoms with van der Waals surface area (Å²) < 4.78 is 27.8. The highest BCUT2D eigenvalue weighted by molar-refractivity contribution is 7.22. The van der Waals surface area contributed by atoms with Crippen molar-refractivity contribution in [2.45, 2.75) is 25.3 Å². The van der Waals surface area contributed by atoms with Gasteiger partial charge in [-0.3, -0.25) is 9.59 Å². The van der Waals surface area contributed by atoms with Gasteiger partial charge in [-0.25, -0.2) is 9.37 Å². The number of nitrogen functional groups attached to an aromatic ring is 1. The van der Waals surface area contributed by atoms with Crippen LogP contribution in [-0.2, 0) is 17.6 Å². The van der Waals surface area contributed by atoms with Gasteiger partial charge in [0.05, 0.1) is 29.3 Å². The Morgan fingerprint density at radius 3 is 2.86 bits per heavy atom. The molecular weight excluding hydrogens is 579 g/mol. The Labute approximate surface area is 257 Å². The SMILES string of the molecule is Nc1nc2cc(C(=O)N3CCc4cc5ccc4C3c3cccc(c3)OCCCNC(=O)Cc3ccc(F)c(c3)O5)ccc2s1.